The van der Waals surface area contributed by atoms with Gasteiger partial charge in [-0.2, -0.15) is 10.4 Å². The molecule has 39 heavy (non-hydrogen) atoms. The number of hydrogen-bond donors (Lipinski definition) is 2. The Morgan fingerprint density at radius 2 is 1.72 bits per heavy atom. The van der Waals surface area contributed by atoms with Gasteiger partial charge in [0.05, 0.1) is 12.8 Å². The SMILES string of the molecule is COC(=O)[C@H](NCCCNc1c(C#N)c(C(=O)c2ccc(C)cc2)nn1-c1ccc(Cl)cc1)c1ccccc1. The molecule has 2 N–H and O–H groups in total. The average molecular weight is 542 g/mol. The Kier molecular flexibility index (Phi) is 9.10. The van der Waals surface area contributed by atoms with Crippen molar-refractivity contribution in [2.75, 3.05) is 25.5 Å². The van der Waals surface area contributed by atoms with Crippen molar-refractivity contribution in [2.45, 2.75) is 19.4 Å². The average Bonchev–Trinajstić information content (AvgIpc) is 3.33. The van der Waals surface area contributed by atoms with E-state index in [1.807, 2.05) is 49.4 Å². The van der Waals surface area contributed by atoms with Crippen LogP contribution in [-0.4, -0.2) is 41.7 Å². The summed E-state index contributed by atoms with van der Waals surface area (Å²) in [5.41, 5.74) is 3.14. The third-order valence-electron chi connectivity index (χ3n) is 6.16. The Hall–Kier alpha value is -4.45. The highest BCUT2D eigenvalue weighted by Gasteiger charge is 2.25. The number of nitrogens with one attached hydrogen (secondary N) is 2. The number of carbonyl (C=O) groups is 2. The van der Waals surface area contributed by atoms with Gasteiger partial charge in [-0.25, -0.2) is 9.48 Å². The van der Waals surface area contributed by atoms with Crippen LogP contribution in [0.25, 0.3) is 5.69 Å². The van der Waals surface area contributed by atoms with Gasteiger partial charge < -0.3 is 15.4 Å². The second-order valence-corrected chi connectivity index (χ2v) is 9.31. The minimum absolute atomic E-state index is 0.0618. The number of methoxy groups -OCH3 is 1. The van der Waals surface area contributed by atoms with Gasteiger partial charge >= 0.3 is 5.97 Å². The summed E-state index contributed by atoms with van der Waals surface area (Å²) in [5, 5.41) is 21.7. The zero-order valence-corrected chi connectivity index (χ0v) is 22.4. The largest absolute Gasteiger partial charge is 0.468 e. The van der Waals surface area contributed by atoms with Gasteiger partial charge in [0, 0.05) is 17.1 Å². The maximum absolute atomic E-state index is 13.3. The van der Waals surface area contributed by atoms with E-state index in [-0.39, 0.29) is 23.0 Å². The molecule has 0 spiro atoms. The third kappa shape index (κ3) is 6.52. The van der Waals surface area contributed by atoms with Crippen molar-refractivity contribution in [1.82, 2.24) is 15.1 Å². The molecule has 8 nitrogen and oxygen atoms in total. The molecule has 0 aliphatic heterocycles. The fourth-order valence-corrected chi connectivity index (χ4v) is 4.23. The summed E-state index contributed by atoms with van der Waals surface area (Å²) < 4.78 is 6.51. The first-order chi connectivity index (χ1) is 18.9. The van der Waals surface area contributed by atoms with Crippen molar-refractivity contribution in [3.05, 3.63) is 112 Å². The molecule has 9 heteroatoms. The number of rotatable bonds is 11. The molecule has 1 heterocycles. The summed E-state index contributed by atoms with van der Waals surface area (Å²) in [6.45, 7) is 2.88. The van der Waals surface area contributed by atoms with E-state index in [2.05, 4.69) is 21.8 Å². The Labute approximate surface area is 232 Å². The number of carbonyl (C=O) groups excluding carboxylic acids is 2. The predicted molar refractivity (Wildman–Crippen MR) is 150 cm³/mol. The first-order valence-electron chi connectivity index (χ1n) is 12.4. The monoisotopic (exact) mass is 541 g/mol. The van der Waals surface area contributed by atoms with E-state index in [0.29, 0.717) is 41.6 Å². The lowest BCUT2D eigenvalue weighted by Gasteiger charge is -2.17. The number of aromatic nitrogens is 2. The van der Waals surface area contributed by atoms with E-state index < -0.39 is 6.04 Å². The van der Waals surface area contributed by atoms with Gasteiger partial charge in [0.15, 0.2) is 5.69 Å². The van der Waals surface area contributed by atoms with Crippen LogP contribution < -0.4 is 10.6 Å². The number of nitrogens with zero attached hydrogens (tertiary/aromatic N) is 3. The Morgan fingerprint density at radius 3 is 2.36 bits per heavy atom. The third-order valence-corrected chi connectivity index (χ3v) is 6.41. The van der Waals surface area contributed by atoms with Crippen LogP contribution in [0.15, 0.2) is 78.9 Å². The van der Waals surface area contributed by atoms with E-state index in [1.54, 1.807) is 41.1 Å². The molecule has 1 atom stereocenters. The van der Waals surface area contributed by atoms with E-state index in [4.69, 9.17) is 16.3 Å². The van der Waals surface area contributed by atoms with Crippen LogP contribution in [0, 0.1) is 18.3 Å². The molecule has 1 aromatic heterocycles. The summed E-state index contributed by atoms with van der Waals surface area (Å²) in [5.74, 6) is -0.309. The molecular formula is C30H28ClN5O3. The lowest BCUT2D eigenvalue weighted by atomic mass is 10.0. The number of benzene rings is 3. The topological polar surface area (TPSA) is 109 Å². The predicted octanol–water partition coefficient (Wildman–Crippen LogP) is 5.24. The number of nitriles is 1. The summed E-state index contributed by atoms with van der Waals surface area (Å²) in [6, 6.07) is 25.0. The normalized spacial score (nSPS) is 11.4. The zero-order valence-electron chi connectivity index (χ0n) is 21.6. The van der Waals surface area contributed by atoms with Gasteiger partial charge in [-0.15, -0.1) is 0 Å². The molecule has 0 unspecified atom stereocenters. The minimum atomic E-state index is -0.593. The maximum atomic E-state index is 13.3. The molecule has 0 saturated carbocycles. The van der Waals surface area contributed by atoms with Gasteiger partial charge in [0.25, 0.3) is 0 Å². The molecule has 4 rings (SSSR count). The number of ketones is 1. The molecule has 198 valence electrons. The van der Waals surface area contributed by atoms with Gasteiger partial charge in [-0.1, -0.05) is 71.8 Å². The first kappa shape index (κ1) is 27.6. The summed E-state index contributed by atoms with van der Waals surface area (Å²) in [6.07, 6.45) is 0.609. The second kappa shape index (κ2) is 12.9. The number of ether oxygens (including phenoxy) is 1. The van der Waals surface area contributed by atoms with Crippen LogP contribution in [0.4, 0.5) is 5.82 Å². The van der Waals surface area contributed by atoms with E-state index >= 15 is 0 Å². The molecule has 0 aliphatic rings. The second-order valence-electron chi connectivity index (χ2n) is 8.87. The highest BCUT2D eigenvalue weighted by Crippen LogP contribution is 2.26. The van der Waals surface area contributed by atoms with Crippen LogP contribution in [0.1, 0.15) is 45.2 Å². The van der Waals surface area contributed by atoms with Crippen LogP contribution in [0.2, 0.25) is 5.02 Å². The van der Waals surface area contributed by atoms with Gasteiger partial charge in [-0.3, -0.25) is 4.79 Å². The van der Waals surface area contributed by atoms with E-state index in [9.17, 15) is 14.9 Å². The summed E-state index contributed by atoms with van der Waals surface area (Å²) in [4.78, 5) is 25.7. The number of aryl methyl sites for hydroxylation is 1. The van der Waals surface area contributed by atoms with Crippen LogP contribution in [0.5, 0.6) is 0 Å². The molecule has 3 aromatic carbocycles. The maximum Gasteiger partial charge on any atom is 0.327 e. The first-order valence-corrected chi connectivity index (χ1v) is 12.8. The van der Waals surface area contributed by atoms with Gasteiger partial charge in [-0.05, 0) is 49.7 Å². The lowest BCUT2D eigenvalue weighted by molar-refractivity contribution is -0.143. The molecule has 0 radical (unpaired) electrons. The van der Waals surface area contributed by atoms with Crippen LogP contribution in [-0.2, 0) is 9.53 Å². The van der Waals surface area contributed by atoms with Crippen LogP contribution >= 0.6 is 11.6 Å². The Morgan fingerprint density at radius 1 is 1.03 bits per heavy atom. The Bertz CT molecular complexity index is 1480. The number of anilines is 1. The van der Waals surface area contributed by atoms with Crippen molar-refractivity contribution in [1.29, 1.82) is 5.26 Å². The molecule has 0 bridgehead atoms. The summed E-state index contributed by atoms with van der Waals surface area (Å²) in [7, 11) is 1.36. The summed E-state index contributed by atoms with van der Waals surface area (Å²) >= 11 is 6.08. The number of hydrogen-bond acceptors (Lipinski definition) is 7. The van der Waals surface area contributed by atoms with Crippen molar-refractivity contribution in [3.8, 4) is 11.8 Å². The number of halogens is 1. The highest BCUT2D eigenvalue weighted by molar-refractivity contribution is 6.30. The fraction of sp³-hybridized carbons (Fsp3) is 0.200. The van der Waals surface area contributed by atoms with Crippen molar-refractivity contribution in [2.24, 2.45) is 0 Å². The van der Waals surface area contributed by atoms with E-state index in [1.165, 1.54) is 7.11 Å². The number of esters is 1. The molecule has 0 aliphatic carbocycles. The van der Waals surface area contributed by atoms with E-state index in [0.717, 1.165) is 11.1 Å². The van der Waals surface area contributed by atoms with Gasteiger partial charge in [0.1, 0.15) is 23.5 Å². The highest BCUT2D eigenvalue weighted by atomic mass is 35.5. The standard InChI is InChI=1S/C30H28ClN5O3/c1-20-9-11-22(12-10-20)28(37)27-25(19-32)29(36(35-27)24-15-13-23(31)14-16-24)34-18-6-17-33-26(30(38)39-2)21-7-4-3-5-8-21/h3-5,7-16,26,33-34H,6,17-18H2,1-2H3/t26-/m1/s1. The molecule has 0 amide bonds. The minimum Gasteiger partial charge on any atom is -0.468 e. The zero-order chi connectivity index (χ0) is 27.8. The quantitative estimate of drug-likeness (QED) is 0.152. The molecule has 0 saturated heterocycles. The molecule has 0 fully saturated rings. The van der Waals surface area contributed by atoms with Crippen LogP contribution in [0.3, 0.4) is 0 Å². The van der Waals surface area contributed by atoms with Gasteiger partial charge in [0.2, 0.25) is 5.78 Å². The van der Waals surface area contributed by atoms with Crippen molar-refractivity contribution < 1.29 is 14.3 Å². The van der Waals surface area contributed by atoms with Crippen molar-refractivity contribution in [3.63, 3.8) is 0 Å². The van der Waals surface area contributed by atoms with Crippen molar-refractivity contribution >= 4 is 29.2 Å². The molecular weight excluding hydrogens is 514 g/mol. The Balaban J connectivity index is 1.55. The fourth-order valence-electron chi connectivity index (χ4n) is 4.10. The lowest BCUT2D eigenvalue weighted by Crippen LogP contribution is -2.31. The smallest absolute Gasteiger partial charge is 0.327 e. The molecule has 4 aromatic rings.